The third kappa shape index (κ3) is 3.59. The van der Waals surface area contributed by atoms with Crippen molar-refractivity contribution >= 4 is 12.0 Å². The zero-order valence-corrected chi connectivity index (χ0v) is 12.1. The van der Waals surface area contributed by atoms with Crippen LogP contribution in [0.4, 0.5) is 4.79 Å². The minimum Gasteiger partial charge on any atom is -0.480 e. The van der Waals surface area contributed by atoms with Gasteiger partial charge in [0.1, 0.15) is 5.54 Å². The number of urea groups is 1. The van der Waals surface area contributed by atoms with Crippen molar-refractivity contribution in [2.45, 2.75) is 45.7 Å². The lowest BCUT2D eigenvalue weighted by atomic mass is 10.0. The highest BCUT2D eigenvalue weighted by atomic mass is 16.5. The van der Waals surface area contributed by atoms with E-state index in [0.29, 0.717) is 19.1 Å². The highest BCUT2D eigenvalue weighted by molar-refractivity contribution is 5.85. The smallest absolute Gasteiger partial charge is 0.329 e. The molecule has 2 unspecified atom stereocenters. The molecule has 2 amide bonds. The zero-order chi connectivity index (χ0) is 14.6. The molecular weight excluding hydrogens is 248 g/mol. The Kier molecular flexibility index (Phi) is 5.17. The number of likely N-dealkylation sites (N-methyl/N-ethyl adjacent to an activating group) is 1. The first-order valence-electron chi connectivity index (χ1n) is 6.70. The van der Waals surface area contributed by atoms with Crippen LogP contribution in [-0.4, -0.2) is 53.3 Å². The fraction of sp³-hybridized carbons (Fsp3) is 0.846. The molecule has 1 aliphatic heterocycles. The summed E-state index contributed by atoms with van der Waals surface area (Å²) in [6.07, 6.45) is 0.926. The summed E-state index contributed by atoms with van der Waals surface area (Å²) in [4.78, 5) is 24.8. The number of nitrogens with zero attached hydrogens (tertiary/aromatic N) is 1. The Morgan fingerprint density at radius 3 is 2.58 bits per heavy atom. The predicted molar refractivity (Wildman–Crippen MR) is 71.0 cm³/mol. The minimum atomic E-state index is -1.22. The second kappa shape index (κ2) is 6.23. The maximum atomic E-state index is 12.2. The monoisotopic (exact) mass is 272 g/mol. The van der Waals surface area contributed by atoms with Crippen molar-refractivity contribution in [3.63, 3.8) is 0 Å². The van der Waals surface area contributed by atoms with E-state index in [9.17, 15) is 14.7 Å². The average Bonchev–Trinajstić information content (AvgIpc) is 2.82. The summed E-state index contributed by atoms with van der Waals surface area (Å²) in [5.74, 6) is -0.711. The molecule has 0 aromatic heterocycles. The molecule has 1 aliphatic rings. The topological polar surface area (TPSA) is 78.9 Å². The summed E-state index contributed by atoms with van der Waals surface area (Å²) in [5, 5.41) is 12.1. The molecule has 0 radical (unpaired) electrons. The molecule has 110 valence electrons. The van der Waals surface area contributed by atoms with Gasteiger partial charge in [-0.2, -0.15) is 0 Å². The number of hydrogen-bond donors (Lipinski definition) is 2. The van der Waals surface area contributed by atoms with Gasteiger partial charge in [0.2, 0.25) is 0 Å². The third-order valence-electron chi connectivity index (χ3n) is 3.78. The molecule has 19 heavy (non-hydrogen) atoms. The van der Waals surface area contributed by atoms with Gasteiger partial charge in [0.15, 0.2) is 0 Å². The Bertz CT molecular complexity index is 338. The van der Waals surface area contributed by atoms with Gasteiger partial charge in [-0.25, -0.2) is 9.59 Å². The molecule has 1 saturated heterocycles. The van der Waals surface area contributed by atoms with E-state index < -0.39 is 11.5 Å². The number of hydrogen-bond acceptors (Lipinski definition) is 3. The van der Waals surface area contributed by atoms with Crippen LogP contribution in [0.1, 0.15) is 34.1 Å². The van der Waals surface area contributed by atoms with Crippen LogP contribution in [0, 0.1) is 5.92 Å². The van der Waals surface area contributed by atoms with Crippen LogP contribution in [0.25, 0.3) is 0 Å². The first kappa shape index (κ1) is 15.8. The van der Waals surface area contributed by atoms with Gasteiger partial charge in [-0.05, 0) is 34.1 Å². The van der Waals surface area contributed by atoms with Crippen molar-refractivity contribution in [3.05, 3.63) is 0 Å². The Morgan fingerprint density at radius 2 is 2.16 bits per heavy atom. The number of amides is 2. The van der Waals surface area contributed by atoms with Gasteiger partial charge in [-0.15, -0.1) is 0 Å². The normalized spacial score (nSPS) is 20.9. The SMILES string of the molecule is CCN(C(=O)NC(C)C1CCOC1)C(C)(C)C(=O)O. The lowest BCUT2D eigenvalue weighted by Crippen LogP contribution is -2.57. The van der Waals surface area contributed by atoms with Crippen molar-refractivity contribution < 1.29 is 19.4 Å². The molecular formula is C13H24N2O4. The summed E-state index contributed by atoms with van der Waals surface area (Å²) in [6, 6.07) is -0.358. The van der Waals surface area contributed by atoms with Gasteiger partial charge < -0.3 is 20.1 Å². The second-order valence-corrected chi connectivity index (χ2v) is 5.47. The van der Waals surface area contributed by atoms with Crippen molar-refractivity contribution in [1.82, 2.24) is 10.2 Å². The van der Waals surface area contributed by atoms with Gasteiger partial charge in [0.05, 0.1) is 6.61 Å². The van der Waals surface area contributed by atoms with Gasteiger partial charge in [-0.1, -0.05) is 0 Å². The summed E-state index contributed by atoms with van der Waals surface area (Å²) >= 11 is 0. The summed E-state index contributed by atoms with van der Waals surface area (Å²) in [7, 11) is 0. The van der Waals surface area contributed by atoms with Crippen molar-refractivity contribution in [2.75, 3.05) is 19.8 Å². The molecule has 6 nitrogen and oxygen atoms in total. The Morgan fingerprint density at radius 1 is 1.53 bits per heavy atom. The van der Waals surface area contributed by atoms with E-state index in [2.05, 4.69) is 5.32 Å². The molecule has 6 heteroatoms. The van der Waals surface area contributed by atoms with E-state index >= 15 is 0 Å². The second-order valence-electron chi connectivity index (χ2n) is 5.47. The molecule has 0 spiro atoms. The van der Waals surface area contributed by atoms with Gasteiger partial charge in [0.25, 0.3) is 0 Å². The zero-order valence-electron chi connectivity index (χ0n) is 12.1. The van der Waals surface area contributed by atoms with E-state index in [-0.39, 0.29) is 12.1 Å². The van der Waals surface area contributed by atoms with Crippen LogP contribution in [-0.2, 0) is 9.53 Å². The van der Waals surface area contributed by atoms with Crippen LogP contribution in [0.15, 0.2) is 0 Å². The van der Waals surface area contributed by atoms with Gasteiger partial charge in [-0.3, -0.25) is 0 Å². The molecule has 2 atom stereocenters. The Hall–Kier alpha value is -1.30. The number of carboxylic acids is 1. The third-order valence-corrected chi connectivity index (χ3v) is 3.78. The quantitative estimate of drug-likeness (QED) is 0.791. The minimum absolute atomic E-state index is 0.0198. The van der Waals surface area contributed by atoms with Crippen LogP contribution < -0.4 is 5.32 Å². The number of nitrogens with one attached hydrogen (secondary N) is 1. The lowest BCUT2D eigenvalue weighted by Gasteiger charge is -2.35. The Balaban J connectivity index is 2.66. The van der Waals surface area contributed by atoms with E-state index in [4.69, 9.17) is 4.74 Å². The number of carboxylic acid groups (broad SMARTS) is 1. The fourth-order valence-corrected chi connectivity index (χ4v) is 2.25. The summed E-state index contributed by atoms with van der Waals surface area (Å²) in [6.45, 7) is 8.48. The molecule has 1 rings (SSSR count). The van der Waals surface area contributed by atoms with Crippen molar-refractivity contribution in [1.29, 1.82) is 0 Å². The maximum absolute atomic E-state index is 12.2. The van der Waals surface area contributed by atoms with Crippen LogP contribution >= 0.6 is 0 Å². The molecule has 2 N–H and O–H groups in total. The fourth-order valence-electron chi connectivity index (χ4n) is 2.25. The summed E-state index contributed by atoms with van der Waals surface area (Å²) < 4.78 is 5.29. The average molecular weight is 272 g/mol. The number of aliphatic carboxylic acids is 1. The highest BCUT2D eigenvalue weighted by Crippen LogP contribution is 2.18. The van der Waals surface area contributed by atoms with Crippen LogP contribution in [0.5, 0.6) is 0 Å². The van der Waals surface area contributed by atoms with Gasteiger partial charge >= 0.3 is 12.0 Å². The van der Waals surface area contributed by atoms with Gasteiger partial charge in [0, 0.05) is 25.1 Å². The number of rotatable bonds is 5. The molecule has 1 fully saturated rings. The van der Waals surface area contributed by atoms with Crippen LogP contribution in [0.2, 0.25) is 0 Å². The first-order chi connectivity index (χ1) is 8.80. The predicted octanol–water partition coefficient (Wildman–Crippen LogP) is 1.31. The van der Waals surface area contributed by atoms with Crippen molar-refractivity contribution in [3.8, 4) is 0 Å². The Labute approximate surface area is 114 Å². The molecule has 0 aromatic carbocycles. The van der Waals surface area contributed by atoms with E-state index in [1.807, 2.05) is 6.92 Å². The largest absolute Gasteiger partial charge is 0.480 e. The van der Waals surface area contributed by atoms with E-state index in [0.717, 1.165) is 13.0 Å². The molecule has 0 bridgehead atoms. The molecule has 1 heterocycles. The number of ether oxygens (including phenoxy) is 1. The van der Waals surface area contributed by atoms with Crippen molar-refractivity contribution in [2.24, 2.45) is 5.92 Å². The van der Waals surface area contributed by atoms with E-state index in [1.54, 1.807) is 6.92 Å². The molecule has 0 aliphatic carbocycles. The van der Waals surface area contributed by atoms with Crippen LogP contribution in [0.3, 0.4) is 0 Å². The lowest BCUT2D eigenvalue weighted by molar-refractivity contribution is -0.147. The maximum Gasteiger partial charge on any atom is 0.329 e. The molecule has 0 aromatic rings. The van der Waals surface area contributed by atoms with E-state index in [1.165, 1.54) is 18.7 Å². The molecule has 0 saturated carbocycles. The number of carbonyl (C=O) groups is 2. The highest BCUT2D eigenvalue weighted by Gasteiger charge is 2.37. The standard InChI is InChI=1S/C13H24N2O4/c1-5-15(13(3,4)11(16)17)12(18)14-9(2)10-6-7-19-8-10/h9-10H,5-8H2,1-4H3,(H,14,18)(H,16,17). The first-order valence-corrected chi connectivity index (χ1v) is 6.70. The number of carbonyl (C=O) groups excluding carboxylic acids is 1. The summed E-state index contributed by atoms with van der Waals surface area (Å²) in [5.41, 5.74) is -1.22.